The fourth-order valence-electron chi connectivity index (χ4n) is 3.14. The molecule has 0 unspecified atom stereocenters. The number of hydrogen-bond donors (Lipinski definition) is 3. The quantitative estimate of drug-likeness (QED) is 0.755. The molecule has 3 rings (SSSR count). The van der Waals surface area contributed by atoms with Gasteiger partial charge in [0, 0.05) is 25.0 Å². The maximum atomic E-state index is 12.4. The van der Waals surface area contributed by atoms with Crippen LogP contribution in [0, 0.1) is 0 Å². The van der Waals surface area contributed by atoms with Gasteiger partial charge in [-0.1, -0.05) is 12.1 Å². The van der Waals surface area contributed by atoms with Crippen molar-refractivity contribution in [2.75, 3.05) is 6.54 Å². The molecule has 0 bridgehead atoms. The minimum Gasteiger partial charge on any atom is -0.353 e. The number of carbonyl (C=O) groups excluding carboxylic acids is 2. The molecule has 25 heavy (non-hydrogen) atoms. The van der Waals surface area contributed by atoms with Crippen molar-refractivity contribution in [2.24, 2.45) is 5.73 Å². The van der Waals surface area contributed by atoms with Crippen molar-refractivity contribution in [3.8, 4) is 0 Å². The van der Waals surface area contributed by atoms with Crippen LogP contribution in [0.15, 0.2) is 30.5 Å². The Labute approximate surface area is 146 Å². The maximum Gasteiger partial charge on any atom is 0.271 e. The number of amides is 2. The summed E-state index contributed by atoms with van der Waals surface area (Å²) in [7, 11) is 0. The summed E-state index contributed by atoms with van der Waals surface area (Å²) in [5.41, 5.74) is 7.19. The standard InChI is InChI=1S/C18H23N5O2/c19-10-9-17(24)21-12-5-7-13(8-6-12)22-18(25)16-11-20-14-3-1-2-4-15(14)23-16/h1-4,11-13H,5-10,19H2,(H,21,24)(H,22,25)/t12-,13-. The van der Waals surface area contributed by atoms with Gasteiger partial charge in [-0.2, -0.15) is 0 Å². The molecule has 7 heteroatoms. The molecule has 7 nitrogen and oxygen atoms in total. The molecule has 1 saturated carbocycles. The fourth-order valence-corrected chi connectivity index (χ4v) is 3.14. The van der Waals surface area contributed by atoms with Crippen LogP contribution in [0.5, 0.6) is 0 Å². The third-order valence-corrected chi connectivity index (χ3v) is 4.48. The van der Waals surface area contributed by atoms with Crippen LogP contribution in [0.25, 0.3) is 11.0 Å². The van der Waals surface area contributed by atoms with E-state index in [1.807, 2.05) is 24.3 Å². The second-order valence-corrected chi connectivity index (χ2v) is 6.37. The molecule has 4 N–H and O–H groups in total. The molecule has 0 atom stereocenters. The number of aromatic nitrogens is 2. The van der Waals surface area contributed by atoms with Crippen LogP contribution in [0.3, 0.4) is 0 Å². The number of nitrogens with one attached hydrogen (secondary N) is 2. The van der Waals surface area contributed by atoms with E-state index in [4.69, 9.17) is 5.73 Å². The van der Waals surface area contributed by atoms with Crippen molar-refractivity contribution in [1.29, 1.82) is 0 Å². The first-order chi connectivity index (χ1) is 12.2. The Kier molecular flexibility index (Phi) is 5.55. The number of rotatable bonds is 5. The second-order valence-electron chi connectivity index (χ2n) is 6.37. The predicted molar refractivity (Wildman–Crippen MR) is 94.9 cm³/mol. The van der Waals surface area contributed by atoms with Gasteiger partial charge in [0.2, 0.25) is 5.91 Å². The van der Waals surface area contributed by atoms with Crippen LogP contribution >= 0.6 is 0 Å². The Balaban J connectivity index is 1.52. The number of carbonyl (C=O) groups is 2. The molecule has 0 saturated heterocycles. The van der Waals surface area contributed by atoms with Crippen LogP contribution in [-0.2, 0) is 4.79 Å². The molecule has 0 spiro atoms. The van der Waals surface area contributed by atoms with Crippen molar-refractivity contribution < 1.29 is 9.59 Å². The van der Waals surface area contributed by atoms with Crippen molar-refractivity contribution in [3.05, 3.63) is 36.2 Å². The largest absolute Gasteiger partial charge is 0.353 e. The lowest BCUT2D eigenvalue weighted by atomic mass is 9.91. The summed E-state index contributed by atoms with van der Waals surface area (Å²) >= 11 is 0. The monoisotopic (exact) mass is 341 g/mol. The van der Waals surface area contributed by atoms with Gasteiger partial charge >= 0.3 is 0 Å². The smallest absolute Gasteiger partial charge is 0.271 e. The summed E-state index contributed by atoms with van der Waals surface area (Å²) in [5, 5.41) is 6.02. The Hall–Kier alpha value is -2.54. The van der Waals surface area contributed by atoms with Gasteiger partial charge < -0.3 is 16.4 Å². The zero-order chi connectivity index (χ0) is 17.6. The van der Waals surface area contributed by atoms with Crippen LogP contribution in [0.4, 0.5) is 0 Å². The van der Waals surface area contributed by atoms with E-state index in [9.17, 15) is 9.59 Å². The highest BCUT2D eigenvalue weighted by atomic mass is 16.2. The predicted octanol–water partition coefficient (Wildman–Crippen LogP) is 1.14. The summed E-state index contributed by atoms with van der Waals surface area (Å²) in [6.45, 7) is 0.365. The lowest BCUT2D eigenvalue weighted by Crippen LogP contribution is -2.44. The molecule has 1 aromatic heterocycles. The minimum atomic E-state index is -0.200. The highest BCUT2D eigenvalue weighted by Crippen LogP contribution is 2.19. The molecule has 2 amide bonds. The highest BCUT2D eigenvalue weighted by molar-refractivity contribution is 5.93. The maximum absolute atomic E-state index is 12.4. The average Bonchev–Trinajstić information content (AvgIpc) is 2.63. The molecule has 0 aliphatic heterocycles. The number of benzene rings is 1. The molecule has 1 aliphatic rings. The van der Waals surface area contributed by atoms with Gasteiger partial charge in [-0.05, 0) is 37.8 Å². The lowest BCUT2D eigenvalue weighted by Gasteiger charge is -2.29. The molecule has 1 aliphatic carbocycles. The molecule has 0 radical (unpaired) electrons. The lowest BCUT2D eigenvalue weighted by molar-refractivity contribution is -0.121. The van der Waals surface area contributed by atoms with Crippen molar-refractivity contribution in [1.82, 2.24) is 20.6 Å². The van der Waals surface area contributed by atoms with Gasteiger partial charge in [0.15, 0.2) is 0 Å². The third-order valence-electron chi connectivity index (χ3n) is 4.48. The fraction of sp³-hybridized carbons (Fsp3) is 0.444. The Morgan fingerprint density at radius 2 is 1.68 bits per heavy atom. The van der Waals surface area contributed by atoms with Crippen LogP contribution in [0.1, 0.15) is 42.6 Å². The van der Waals surface area contributed by atoms with Gasteiger partial charge in [-0.3, -0.25) is 14.6 Å². The zero-order valence-corrected chi connectivity index (χ0v) is 14.1. The van der Waals surface area contributed by atoms with E-state index in [2.05, 4.69) is 20.6 Å². The molecular formula is C18H23N5O2. The van der Waals surface area contributed by atoms with Crippen molar-refractivity contribution in [3.63, 3.8) is 0 Å². The Bertz CT molecular complexity index is 756. The van der Waals surface area contributed by atoms with Gasteiger partial charge in [0.05, 0.1) is 17.2 Å². The number of para-hydroxylation sites is 2. The molecule has 1 fully saturated rings. The Morgan fingerprint density at radius 1 is 1.04 bits per heavy atom. The molecule has 1 heterocycles. The molecule has 1 aromatic carbocycles. The van der Waals surface area contributed by atoms with Gasteiger partial charge in [-0.25, -0.2) is 4.98 Å². The van der Waals surface area contributed by atoms with Gasteiger partial charge in [0.25, 0.3) is 5.91 Å². The van der Waals surface area contributed by atoms with E-state index in [0.29, 0.717) is 24.2 Å². The van der Waals surface area contributed by atoms with E-state index < -0.39 is 0 Å². The van der Waals surface area contributed by atoms with E-state index in [1.54, 1.807) is 0 Å². The third kappa shape index (κ3) is 4.51. The Morgan fingerprint density at radius 3 is 2.36 bits per heavy atom. The van der Waals surface area contributed by atoms with Crippen LogP contribution < -0.4 is 16.4 Å². The van der Waals surface area contributed by atoms with Crippen molar-refractivity contribution in [2.45, 2.75) is 44.2 Å². The van der Waals surface area contributed by atoms with Crippen molar-refractivity contribution >= 4 is 22.8 Å². The minimum absolute atomic E-state index is 0.00132. The summed E-state index contributed by atoms with van der Waals surface area (Å²) in [4.78, 5) is 32.6. The first-order valence-corrected chi connectivity index (χ1v) is 8.68. The summed E-state index contributed by atoms with van der Waals surface area (Å²) in [5.74, 6) is -0.199. The highest BCUT2D eigenvalue weighted by Gasteiger charge is 2.24. The SMILES string of the molecule is NCCC(=O)N[C@H]1CC[C@H](NC(=O)c2cnc3ccccc3n2)CC1. The van der Waals surface area contributed by atoms with E-state index in [0.717, 1.165) is 31.2 Å². The number of hydrogen-bond acceptors (Lipinski definition) is 5. The number of fused-ring (bicyclic) bond motifs is 1. The second kappa shape index (κ2) is 8.02. The average molecular weight is 341 g/mol. The molecule has 2 aromatic rings. The van der Waals surface area contributed by atoms with E-state index >= 15 is 0 Å². The first kappa shape index (κ1) is 17.3. The summed E-state index contributed by atoms with van der Waals surface area (Å²) < 4.78 is 0. The van der Waals surface area contributed by atoms with E-state index in [-0.39, 0.29) is 23.9 Å². The number of nitrogens with zero attached hydrogens (tertiary/aromatic N) is 2. The molecular weight excluding hydrogens is 318 g/mol. The summed E-state index contributed by atoms with van der Waals surface area (Å²) in [6, 6.07) is 7.75. The van der Waals surface area contributed by atoms with Crippen LogP contribution in [-0.4, -0.2) is 40.4 Å². The number of nitrogens with two attached hydrogens (primary N) is 1. The summed E-state index contributed by atoms with van der Waals surface area (Å²) in [6.07, 6.45) is 5.24. The van der Waals surface area contributed by atoms with Gasteiger partial charge in [-0.15, -0.1) is 0 Å². The van der Waals surface area contributed by atoms with E-state index in [1.165, 1.54) is 6.20 Å². The topological polar surface area (TPSA) is 110 Å². The normalized spacial score (nSPS) is 20.2. The van der Waals surface area contributed by atoms with Gasteiger partial charge in [0.1, 0.15) is 5.69 Å². The molecule has 132 valence electrons. The first-order valence-electron chi connectivity index (χ1n) is 8.68. The van der Waals surface area contributed by atoms with Crippen LogP contribution in [0.2, 0.25) is 0 Å². The zero-order valence-electron chi connectivity index (χ0n) is 14.1.